The molecule has 2 saturated heterocycles. The SMILES string of the molecule is CC[C@H](C)[C@@H]([C@@H](CC(=O)N1CCC[C@H]1[C@H](OC)[C@@H](C)C(=O)N[C@H](C)[C@@H](O)c1ccccc1)OC)N(C)C(=O)[C@@H](NC(=O)[C@H](C(C)C)N(C)COCc1ccc(NC(=O)OC2/C=C/COCOC2)c(NCC(=O)ON2C(=O)CCC2=O)c1)C(C)C. The van der Waals surface area contributed by atoms with Crippen LogP contribution in [0.2, 0.25) is 0 Å². The molecule has 0 radical (unpaired) electrons. The number of methoxy groups -OCH3 is 2. The van der Waals surface area contributed by atoms with Crippen LogP contribution in [0.3, 0.4) is 0 Å². The lowest BCUT2D eigenvalue weighted by atomic mass is 9.89. The van der Waals surface area contributed by atoms with Crippen LogP contribution in [0, 0.1) is 23.7 Å². The molecule has 0 aromatic heterocycles. The van der Waals surface area contributed by atoms with Crippen molar-refractivity contribution in [2.24, 2.45) is 23.7 Å². The van der Waals surface area contributed by atoms with Gasteiger partial charge in [0, 0.05) is 40.7 Å². The average Bonchev–Trinajstić information content (AvgIpc) is 3.45. The third-order valence-electron chi connectivity index (χ3n) is 15.6. The van der Waals surface area contributed by atoms with E-state index in [4.69, 9.17) is 33.3 Å². The van der Waals surface area contributed by atoms with E-state index in [9.17, 15) is 43.5 Å². The highest BCUT2D eigenvalue weighted by atomic mass is 16.7. The van der Waals surface area contributed by atoms with Gasteiger partial charge >= 0.3 is 12.1 Å². The molecule has 2 fully saturated rings. The first kappa shape index (κ1) is 68.2. The Morgan fingerprint density at radius 2 is 1.56 bits per heavy atom. The number of nitrogens with one attached hydrogen (secondary N) is 4. The van der Waals surface area contributed by atoms with Crippen molar-refractivity contribution < 1.29 is 76.7 Å². The molecular formula is C60H90N8O16. The Hall–Kier alpha value is -6.54. The Labute approximate surface area is 493 Å². The molecule has 3 aliphatic heterocycles. The Morgan fingerprint density at radius 3 is 2.20 bits per heavy atom. The van der Waals surface area contributed by atoms with Crippen molar-refractivity contribution >= 4 is 58.9 Å². The molecule has 0 bridgehead atoms. The van der Waals surface area contributed by atoms with Crippen molar-refractivity contribution in [1.29, 1.82) is 0 Å². The molecule has 0 spiro atoms. The van der Waals surface area contributed by atoms with E-state index in [1.54, 1.807) is 85.1 Å². The summed E-state index contributed by atoms with van der Waals surface area (Å²) in [7, 11) is 6.45. The number of imide groups is 1. The van der Waals surface area contributed by atoms with Gasteiger partial charge in [0.05, 0.1) is 92.7 Å². The summed E-state index contributed by atoms with van der Waals surface area (Å²) >= 11 is 0. The first-order valence-electron chi connectivity index (χ1n) is 29.0. The molecule has 11 atom stereocenters. The summed E-state index contributed by atoms with van der Waals surface area (Å²) in [6.07, 6.45) is 1.24. The summed E-state index contributed by atoms with van der Waals surface area (Å²) in [5, 5.41) is 23.0. The van der Waals surface area contributed by atoms with E-state index < -0.39 is 96.9 Å². The molecule has 0 aliphatic carbocycles. The van der Waals surface area contributed by atoms with Crippen LogP contribution < -0.4 is 21.3 Å². The summed E-state index contributed by atoms with van der Waals surface area (Å²) in [6.45, 7) is 15.2. The van der Waals surface area contributed by atoms with Crippen LogP contribution in [-0.2, 0) is 73.4 Å². The molecule has 5 rings (SSSR count). The van der Waals surface area contributed by atoms with E-state index in [2.05, 4.69) is 21.3 Å². The van der Waals surface area contributed by atoms with E-state index in [0.717, 1.165) is 0 Å². The van der Waals surface area contributed by atoms with Gasteiger partial charge in [-0.05, 0) is 73.9 Å². The minimum atomic E-state index is -0.965. The maximum atomic E-state index is 14.8. The standard InChI is InChI=1S/C60H90N8O16/c1-13-38(6)54(47(78-11)30-50(71)67-27-17-22-46(67)56(79-12)39(7)57(74)62-40(8)55(73)42-19-15-14-16-20-42)66(10)59(76)52(36(2)3)64-58(75)53(37(4)5)65(9)34-81-32-41-23-24-44(63-60(77)83-43-21-18-28-80-35-82-33-43)45(29-41)61-31-51(72)84-68-48(69)25-26-49(68)70/h14-16,18-21,23-24,29,36-40,43,46-47,52-56,61,73H,13,17,22,25-28,30-35H2,1-12H3,(H,62,74)(H,63,77)(H,64,75)/b21-18+/t38-,39+,40+,43?,46-,47+,52-,53-,54-,55+,56+/m0/s1. The number of hydrogen-bond acceptors (Lipinski definition) is 18. The minimum Gasteiger partial charge on any atom is -0.439 e. The van der Waals surface area contributed by atoms with Gasteiger partial charge < -0.3 is 64.1 Å². The summed E-state index contributed by atoms with van der Waals surface area (Å²) in [4.78, 5) is 118. The van der Waals surface area contributed by atoms with Crippen LogP contribution in [0.25, 0.3) is 0 Å². The largest absolute Gasteiger partial charge is 0.439 e. The van der Waals surface area contributed by atoms with Gasteiger partial charge in [-0.3, -0.25) is 39.0 Å². The number of anilines is 2. The zero-order valence-electron chi connectivity index (χ0n) is 50.8. The number of hydrogen-bond donors (Lipinski definition) is 5. The van der Waals surface area contributed by atoms with Gasteiger partial charge in [0.1, 0.15) is 25.5 Å². The molecule has 3 aliphatic rings. The summed E-state index contributed by atoms with van der Waals surface area (Å²) in [5.41, 5.74) is 1.73. The maximum Gasteiger partial charge on any atom is 0.412 e. The number of hydroxylamine groups is 2. The molecule has 24 heteroatoms. The van der Waals surface area contributed by atoms with Crippen molar-refractivity contribution in [1.82, 2.24) is 30.4 Å². The second kappa shape index (κ2) is 33.2. The van der Waals surface area contributed by atoms with Crippen LogP contribution in [0.4, 0.5) is 16.2 Å². The normalized spacial score (nSPS) is 20.1. The Bertz CT molecular complexity index is 2540. The Balaban J connectivity index is 1.23. The number of nitrogens with zero attached hydrogens (tertiary/aromatic N) is 4. The lowest BCUT2D eigenvalue weighted by Gasteiger charge is -2.41. The Morgan fingerprint density at radius 1 is 0.857 bits per heavy atom. The van der Waals surface area contributed by atoms with Gasteiger partial charge in [0.2, 0.25) is 23.6 Å². The summed E-state index contributed by atoms with van der Waals surface area (Å²) in [5.74, 6) is -4.89. The van der Waals surface area contributed by atoms with Gasteiger partial charge in [0.25, 0.3) is 11.8 Å². The van der Waals surface area contributed by atoms with E-state index in [-0.39, 0.29) is 99.5 Å². The van der Waals surface area contributed by atoms with Crippen molar-refractivity contribution in [2.75, 3.05) is 78.8 Å². The fourth-order valence-electron chi connectivity index (χ4n) is 10.9. The van der Waals surface area contributed by atoms with Gasteiger partial charge in [-0.1, -0.05) is 97.4 Å². The highest BCUT2D eigenvalue weighted by Gasteiger charge is 2.44. The highest BCUT2D eigenvalue weighted by molar-refractivity contribution is 6.02. The van der Waals surface area contributed by atoms with E-state index in [0.29, 0.717) is 42.0 Å². The van der Waals surface area contributed by atoms with Crippen LogP contribution >= 0.6 is 0 Å². The molecule has 2 aromatic carbocycles. The van der Waals surface area contributed by atoms with Crippen LogP contribution in [0.15, 0.2) is 60.7 Å². The quantitative estimate of drug-likeness (QED) is 0.0395. The molecule has 1 unspecified atom stereocenters. The maximum absolute atomic E-state index is 14.8. The predicted octanol–water partition coefficient (Wildman–Crippen LogP) is 4.91. The second-order valence-corrected chi connectivity index (χ2v) is 22.5. The number of benzene rings is 2. The second-order valence-electron chi connectivity index (χ2n) is 22.5. The van der Waals surface area contributed by atoms with Gasteiger partial charge in [-0.2, -0.15) is 0 Å². The lowest BCUT2D eigenvalue weighted by Crippen LogP contribution is -2.60. The molecule has 2 aromatic rings. The number of carbonyl (C=O) groups excluding carboxylic acids is 8. The molecule has 5 N–H and O–H groups in total. The fourth-order valence-corrected chi connectivity index (χ4v) is 10.9. The molecule has 24 nitrogen and oxygen atoms in total. The van der Waals surface area contributed by atoms with E-state index >= 15 is 0 Å². The number of likely N-dealkylation sites (tertiary alicyclic amines) is 1. The fraction of sp³-hybridized carbons (Fsp3) is 0.633. The highest BCUT2D eigenvalue weighted by Crippen LogP contribution is 2.31. The van der Waals surface area contributed by atoms with E-state index in [1.165, 1.54) is 14.2 Å². The minimum absolute atomic E-state index is 0.00407. The van der Waals surface area contributed by atoms with Gasteiger partial charge in [0.15, 0.2) is 0 Å². The number of rotatable bonds is 30. The first-order chi connectivity index (χ1) is 40.0. The Kier molecular flexibility index (Phi) is 27.0. The van der Waals surface area contributed by atoms with Gasteiger partial charge in [-0.25, -0.2) is 9.59 Å². The first-order valence-corrected chi connectivity index (χ1v) is 29.0. The number of ether oxygens (including phenoxy) is 6. The molecular weight excluding hydrogens is 1090 g/mol. The van der Waals surface area contributed by atoms with Crippen molar-refractivity contribution in [3.8, 4) is 0 Å². The molecule has 0 saturated carbocycles. The lowest BCUT2D eigenvalue weighted by molar-refractivity contribution is -0.196. The zero-order chi connectivity index (χ0) is 61.8. The van der Waals surface area contributed by atoms with Crippen LogP contribution in [-0.4, -0.2) is 189 Å². The average molecular weight is 1180 g/mol. The van der Waals surface area contributed by atoms with Crippen molar-refractivity contribution in [2.45, 2.75) is 155 Å². The third kappa shape index (κ3) is 19.0. The third-order valence-corrected chi connectivity index (χ3v) is 15.6. The summed E-state index contributed by atoms with van der Waals surface area (Å²) < 4.78 is 34.3. The number of likely N-dealkylation sites (N-methyl/N-ethyl adjacent to an activating group) is 2. The smallest absolute Gasteiger partial charge is 0.412 e. The van der Waals surface area contributed by atoms with Crippen LogP contribution in [0.1, 0.15) is 111 Å². The number of amides is 7. The predicted molar refractivity (Wildman–Crippen MR) is 310 cm³/mol. The van der Waals surface area contributed by atoms with Crippen LogP contribution in [0.5, 0.6) is 0 Å². The number of carbonyl (C=O) groups is 8. The number of aliphatic hydroxyl groups excluding tert-OH is 1. The molecule has 3 heterocycles. The zero-order valence-corrected chi connectivity index (χ0v) is 50.8. The molecule has 7 amide bonds. The number of aliphatic hydroxyl groups is 1. The van der Waals surface area contributed by atoms with Gasteiger partial charge in [-0.15, -0.1) is 5.06 Å². The molecule has 466 valence electrons. The van der Waals surface area contributed by atoms with E-state index in [1.807, 2.05) is 59.7 Å². The van der Waals surface area contributed by atoms with Crippen molar-refractivity contribution in [3.63, 3.8) is 0 Å². The monoisotopic (exact) mass is 1180 g/mol. The van der Waals surface area contributed by atoms with Crippen molar-refractivity contribution in [3.05, 3.63) is 71.8 Å². The summed E-state index contributed by atoms with van der Waals surface area (Å²) in [6, 6.07) is 10.6. The topological polar surface area (TPSA) is 282 Å². The molecule has 84 heavy (non-hydrogen) atoms.